The van der Waals surface area contributed by atoms with Crippen molar-refractivity contribution in [1.29, 1.82) is 0 Å². The summed E-state index contributed by atoms with van der Waals surface area (Å²) in [6.07, 6.45) is 3.62. The molecule has 1 saturated heterocycles. The third kappa shape index (κ3) is 6.74. The lowest BCUT2D eigenvalue weighted by Gasteiger charge is -2.32. The summed E-state index contributed by atoms with van der Waals surface area (Å²) in [5.74, 6) is 1.35. The monoisotopic (exact) mass is 424 g/mol. The molecule has 6 nitrogen and oxygen atoms in total. The minimum atomic E-state index is -0.0947. The first-order chi connectivity index (χ1) is 15.1. The van der Waals surface area contributed by atoms with Gasteiger partial charge in [-0.25, -0.2) is 0 Å². The average molecular weight is 425 g/mol. The zero-order valence-corrected chi connectivity index (χ0v) is 18.4. The van der Waals surface area contributed by atoms with E-state index >= 15 is 0 Å². The zero-order valence-electron chi connectivity index (χ0n) is 18.4. The van der Waals surface area contributed by atoms with Crippen LogP contribution in [0.25, 0.3) is 0 Å². The predicted octanol–water partition coefficient (Wildman–Crippen LogP) is 3.84. The molecule has 3 rings (SSSR count). The van der Waals surface area contributed by atoms with Gasteiger partial charge in [-0.1, -0.05) is 25.5 Å². The summed E-state index contributed by atoms with van der Waals surface area (Å²) < 4.78 is 11.1. The van der Waals surface area contributed by atoms with Gasteiger partial charge in [-0.15, -0.1) is 0 Å². The first-order valence-corrected chi connectivity index (χ1v) is 11.1. The molecule has 0 atom stereocenters. The molecule has 0 radical (unpaired) electrons. The van der Waals surface area contributed by atoms with Gasteiger partial charge < -0.3 is 19.7 Å². The first-order valence-electron chi connectivity index (χ1n) is 11.1. The minimum absolute atomic E-state index is 0.0195. The number of amides is 2. The number of rotatable bonds is 9. The van der Waals surface area contributed by atoms with E-state index < -0.39 is 0 Å². The number of nitrogens with one attached hydrogen (secondary N) is 1. The van der Waals surface area contributed by atoms with Crippen LogP contribution in [0.2, 0.25) is 0 Å². The Kier molecular flexibility index (Phi) is 8.33. The van der Waals surface area contributed by atoms with Gasteiger partial charge in [0.1, 0.15) is 11.5 Å². The third-order valence-electron chi connectivity index (χ3n) is 5.43. The fourth-order valence-corrected chi connectivity index (χ4v) is 3.69. The van der Waals surface area contributed by atoms with Crippen LogP contribution in [0.5, 0.6) is 11.5 Å². The van der Waals surface area contributed by atoms with E-state index in [1.165, 1.54) is 5.56 Å². The molecule has 2 aromatic carbocycles. The van der Waals surface area contributed by atoms with Crippen LogP contribution in [-0.4, -0.2) is 49.1 Å². The molecule has 0 bridgehead atoms. The predicted molar refractivity (Wildman–Crippen MR) is 121 cm³/mol. The molecule has 0 aliphatic carbocycles. The molecule has 0 spiro atoms. The van der Waals surface area contributed by atoms with Crippen LogP contribution >= 0.6 is 0 Å². The molecule has 2 amide bonds. The van der Waals surface area contributed by atoms with Crippen molar-refractivity contribution >= 4 is 11.8 Å². The summed E-state index contributed by atoms with van der Waals surface area (Å²) in [4.78, 5) is 26.8. The summed E-state index contributed by atoms with van der Waals surface area (Å²) in [6.45, 7) is 5.94. The highest BCUT2D eigenvalue weighted by Gasteiger charge is 2.24. The number of carbonyl (C=O) groups is 2. The van der Waals surface area contributed by atoms with Gasteiger partial charge in [0, 0.05) is 24.7 Å². The van der Waals surface area contributed by atoms with Gasteiger partial charge in [0.15, 0.2) is 6.61 Å². The van der Waals surface area contributed by atoms with Crippen LogP contribution in [0, 0.1) is 0 Å². The molecule has 0 unspecified atom stereocenters. The molecule has 1 heterocycles. The Labute approximate surface area is 184 Å². The van der Waals surface area contributed by atoms with Crippen LogP contribution in [0.3, 0.4) is 0 Å². The topological polar surface area (TPSA) is 67.9 Å². The van der Waals surface area contributed by atoms with E-state index in [-0.39, 0.29) is 24.5 Å². The molecular formula is C25H32N2O4. The van der Waals surface area contributed by atoms with Gasteiger partial charge in [-0.05, 0) is 68.1 Å². The number of piperidine rings is 1. The highest BCUT2D eigenvalue weighted by Crippen LogP contribution is 2.16. The van der Waals surface area contributed by atoms with Gasteiger partial charge in [0.2, 0.25) is 0 Å². The van der Waals surface area contributed by atoms with Gasteiger partial charge in [0.25, 0.3) is 11.8 Å². The summed E-state index contributed by atoms with van der Waals surface area (Å²) in [5, 5.41) is 3.07. The number of benzene rings is 2. The maximum Gasteiger partial charge on any atom is 0.260 e. The molecule has 166 valence electrons. The van der Waals surface area contributed by atoms with Crippen LogP contribution in [-0.2, 0) is 11.2 Å². The second kappa shape index (κ2) is 11.4. The van der Waals surface area contributed by atoms with Gasteiger partial charge in [-0.2, -0.15) is 0 Å². The van der Waals surface area contributed by atoms with E-state index in [0.717, 1.165) is 31.4 Å². The molecule has 1 aliphatic heterocycles. The Morgan fingerprint density at radius 1 is 0.935 bits per heavy atom. The van der Waals surface area contributed by atoms with Crippen LogP contribution in [0.1, 0.15) is 49.0 Å². The molecular weight excluding hydrogens is 392 g/mol. The number of carbonyl (C=O) groups excluding carboxylic acids is 2. The Bertz CT molecular complexity index is 841. The Hall–Kier alpha value is -3.02. The second-order valence-electron chi connectivity index (χ2n) is 7.77. The molecule has 1 N–H and O–H groups in total. The summed E-state index contributed by atoms with van der Waals surface area (Å²) in [7, 11) is 0. The summed E-state index contributed by atoms with van der Waals surface area (Å²) in [5.41, 5.74) is 1.89. The molecule has 1 aliphatic rings. The second-order valence-corrected chi connectivity index (χ2v) is 7.77. The Morgan fingerprint density at radius 3 is 2.16 bits per heavy atom. The fraction of sp³-hybridized carbons (Fsp3) is 0.440. The maximum atomic E-state index is 12.5. The van der Waals surface area contributed by atoms with Crippen molar-refractivity contribution in [1.82, 2.24) is 10.2 Å². The normalized spacial score (nSPS) is 14.2. The van der Waals surface area contributed by atoms with Crippen molar-refractivity contribution in [3.8, 4) is 11.5 Å². The van der Waals surface area contributed by atoms with Crippen molar-refractivity contribution in [2.75, 3.05) is 26.3 Å². The number of hydrogen-bond donors (Lipinski definition) is 1. The Balaban J connectivity index is 1.40. The number of aryl methyl sites for hydroxylation is 1. The molecule has 0 saturated carbocycles. The van der Waals surface area contributed by atoms with Crippen molar-refractivity contribution in [3.05, 3.63) is 59.7 Å². The van der Waals surface area contributed by atoms with E-state index in [2.05, 4.69) is 12.2 Å². The fourth-order valence-electron chi connectivity index (χ4n) is 3.69. The largest absolute Gasteiger partial charge is 0.494 e. The Morgan fingerprint density at radius 2 is 1.55 bits per heavy atom. The van der Waals surface area contributed by atoms with E-state index in [4.69, 9.17) is 9.47 Å². The first kappa shape index (κ1) is 22.7. The SMILES string of the molecule is CCCc1ccc(OCC(=O)N2CCC(NC(=O)c3ccc(OCC)cc3)CC2)cc1. The average Bonchev–Trinajstić information content (AvgIpc) is 2.80. The van der Waals surface area contributed by atoms with Gasteiger partial charge in [-0.3, -0.25) is 9.59 Å². The summed E-state index contributed by atoms with van der Waals surface area (Å²) in [6, 6.07) is 15.1. The van der Waals surface area contributed by atoms with Crippen LogP contribution in [0.4, 0.5) is 0 Å². The number of ether oxygens (including phenoxy) is 2. The van der Waals surface area contributed by atoms with Crippen molar-refractivity contribution in [2.45, 2.75) is 45.6 Å². The van der Waals surface area contributed by atoms with Gasteiger partial charge in [0.05, 0.1) is 6.61 Å². The van der Waals surface area contributed by atoms with E-state index in [9.17, 15) is 9.59 Å². The molecule has 6 heteroatoms. The number of hydrogen-bond acceptors (Lipinski definition) is 4. The lowest BCUT2D eigenvalue weighted by atomic mass is 10.0. The molecule has 31 heavy (non-hydrogen) atoms. The minimum Gasteiger partial charge on any atom is -0.494 e. The standard InChI is InChI=1S/C25H32N2O4/c1-3-5-19-6-10-23(11-7-19)31-18-24(28)27-16-14-21(15-17-27)26-25(29)20-8-12-22(13-9-20)30-4-2/h6-13,21H,3-5,14-18H2,1-2H3,(H,26,29). The quantitative estimate of drug-likeness (QED) is 0.664. The van der Waals surface area contributed by atoms with Crippen molar-refractivity contribution < 1.29 is 19.1 Å². The number of likely N-dealkylation sites (tertiary alicyclic amines) is 1. The molecule has 0 aromatic heterocycles. The molecule has 1 fully saturated rings. The molecule has 2 aromatic rings. The highest BCUT2D eigenvalue weighted by molar-refractivity contribution is 5.94. The number of nitrogens with zero attached hydrogens (tertiary/aromatic N) is 1. The van der Waals surface area contributed by atoms with E-state index in [1.807, 2.05) is 36.1 Å². The maximum absolute atomic E-state index is 12.5. The van der Waals surface area contributed by atoms with Crippen LogP contribution in [0.15, 0.2) is 48.5 Å². The zero-order chi connectivity index (χ0) is 22.1. The lowest BCUT2D eigenvalue weighted by Crippen LogP contribution is -2.47. The smallest absolute Gasteiger partial charge is 0.260 e. The van der Waals surface area contributed by atoms with Crippen molar-refractivity contribution in [3.63, 3.8) is 0 Å². The highest BCUT2D eigenvalue weighted by atomic mass is 16.5. The third-order valence-corrected chi connectivity index (χ3v) is 5.43. The van der Waals surface area contributed by atoms with E-state index in [1.54, 1.807) is 24.3 Å². The van der Waals surface area contributed by atoms with E-state index in [0.29, 0.717) is 31.0 Å². The van der Waals surface area contributed by atoms with Crippen molar-refractivity contribution in [2.24, 2.45) is 0 Å². The lowest BCUT2D eigenvalue weighted by molar-refractivity contribution is -0.134. The van der Waals surface area contributed by atoms with Crippen LogP contribution < -0.4 is 14.8 Å². The van der Waals surface area contributed by atoms with Gasteiger partial charge >= 0.3 is 0 Å². The summed E-state index contributed by atoms with van der Waals surface area (Å²) >= 11 is 0.